The van der Waals surface area contributed by atoms with E-state index in [1.54, 1.807) is 0 Å². The summed E-state index contributed by atoms with van der Waals surface area (Å²) in [6, 6.07) is 0. The van der Waals surface area contributed by atoms with Crippen molar-refractivity contribution in [2.24, 2.45) is 17.8 Å². The Morgan fingerprint density at radius 2 is 1.25 bits per heavy atom. The summed E-state index contributed by atoms with van der Waals surface area (Å²) in [7, 11) is 4.16. The molecule has 0 aromatic rings. The first-order valence-electron chi connectivity index (χ1n) is 16.4. The second kappa shape index (κ2) is 24.7. The van der Waals surface area contributed by atoms with E-state index in [9.17, 15) is 0 Å². The van der Waals surface area contributed by atoms with Gasteiger partial charge in [-0.05, 0) is 103 Å². The van der Waals surface area contributed by atoms with E-state index in [1.165, 1.54) is 148 Å². The molecule has 3 unspecified atom stereocenters. The maximum absolute atomic E-state index is 3.31. The quantitative estimate of drug-likeness (QED) is 0.0958. The van der Waals surface area contributed by atoms with Crippen molar-refractivity contribution in [2.75, 3.05) is 27.2 Å². The molecule has 0 spiro atoms. The van der Waals surface area contributed by atoms with Crippen LogP contribution in [-0.2, 0) is 0 Å². The standard InChI is InChI=1S/C34H66N2/c1-5-7-9-11-12-18-24-32-30-34(26-20-14-16-22-28-36-4)33(25-19-13-15-21-27-35-3)29-31(32)23-17-10-8-6-2/h12,18,30-31,33-36H,5-11,13-17,19-29H2,1-4H3/b18-12+. The molecule has 0 saturated heterocycles. The summed E-state index contributed by atoms with van der Waals surface area (Å²) in [5.41, 5.74) is 1.81. The third-order valence-electron chi connectivity index (χ3n) is 8.51. The van der Waals surface area contributed by atoms with Gasteiger partial charge in [-0.1, -0.05) is 115 Å². The average molecular weight is 503 g/mol. The molecule has 1 rings (SSSR count). The molecule has 0 amide bonds. The molecule has 2 nitrogen and oxygen atoms in total. The van der Waals surface area contributed by atoms with Gasteiger partial charge in [0.05, 0.1) is 0 Å². The normalized spacial score (nSPS) is 20.3. The maximum Gasteiger partial charge on any atom is -0.00519 e. The van der Waals surface area contributed by atoms with Gasteiger partial charge in [0.2, 0.25) is 0 Å². The monoisotopic (exact) mass is 503 g/mol. The molecule has 0 heterocycles. The second-order valence-corrected chi connectivity index (χ2v) is 11.7. The van der Waals surface area contributed by atoms with E-state index in [4.69, 9.17) is 0 Å². The van der Waals surface area contributed by atoms with E-state index >= 15 is 0 Å². The lowest BCUT2D eigenvalue weighted by molar-refractivity contribution is 0.247. The van der Waals surface area contributed by atoms with E-state index in [2.05, 4.69) is 56.8 Å². The van der Waals surface area contributed by atoms with Crippen molar-refractivity contribution >= 4 is 0 Å². The van der Waals surface area contributed by atoms with Gasteiger partial charge < -0.3 is 10.6 Å². The van der Waals surface area contributed by atoms with Crippen LogP contribution in [0.15, 0.2) is 23.8 Å². The highest BCUT2D eigenvalue weighted by atomic mass is 14.8. The fraction of sp³-hybridized carbons (Fsp3) is 0.882. The summed E-state index contributed by atoms with van der Waals surface area (Å²) in [6.45, 7) is 7.00. The fourth-order valence-corrected chi connectivity index (χ4v) is 6.19. The van der Waals surface area contributed by atoms with Gasteiger partial charge in [-0.25, -0.2) is 0 Å². The maximum atomic E-state index is 3.31. The van der Waals surface area contributed by atoms with Crippen LogP contribution in [0.2, 0.25) is 0 Å². The zero-order valence-electron chi connectivity index (χ0n) is 25.2. The Kier molecular flexibility index (Phi) is 23.0. The van der Waals surface area contributed by atoms with Crippen LogP contribution >= 0.6 is 0 Å². The molecule has 3 atom stereocenters. The molecule has 0 radical (unpaired) electrons. The Morgan fingerprint density at radius 3 is 1.92 bits per heavy atom. The van der Waals surface area contributed by atoms with Crippen molar-refractivity contribution in [1.29, 1.82) is 0 Å². The number of hydrogen-bond acceptors (Lipinski definition) is 2. The van der Waals surface area contributed by atoms with Crippen LogP contribution in [0.5, 0.6) is 0 Å². The van der Waals surface area contributed by atoms with Crippen molar-refractivity contribution < 1.29 is 0 Å². The summed E-state index contributed by atoms with van der Waals surface area (Å²) < 4.78 is 0. The minimum Gasteiger partial charge on any atom is -0.320 e. The first-order valence-corrected chi connectivity index (χ1v) is 16.4. The van der Waals surface area contributed by atoms with E-state index in [1.807, 2.05) is 5.57 Å². The third-order valence-corrected chi connectivity index (χ3v) is 8.51. The second-order valence-electron chi connectivity index (χ2n) is 11.7. The van der Waals surface area contributed by atoms with Crippen molar-refractivity contribution in [1.82, 2.24) is 10.6 Å². The molecular formula is C34H66N2. The first-order chi connectivity index (χ1) is 17.8. The van der Waals surface area contributed by atoms with Crippen LogP contribution in [0.1, 0.15) is 149 Å². The number of allylic oxidation sites excluding steroid dienone is 4. The molecular weight excluding hydrogens is 436 g/mol. The third kappa shape index (κ3) is 17.0. The molecule has 1 aliphatic carbocycles. The van der Waals surface area contributed by atoms with Gasteiger partial charge in [0.1, 0.15) is 0 Å². The molecule has 1 aliphatic rings. The number of unbranched alkanes of at least 4 members (excludes halogenated alkanes) is 12. The molecule has 0 saturated carbocycles. The van der Waals surface area contributed by atoms with Gasteiger partial charge in [-0.2, -0.15) is 0 Å². The lowest BCUT2D eigenvalue weighted by Gasteiger charge is -2.36. The van der Waals surface area contributed by atoms with Gasteiger partial charge in [-0.3, -0.25) is 0 Å². The summed E-state index contributed by atoms with van der Waals surface area (Å²) in [5, 5.41) is 6.62. The van der Waals surface area contributed by atoms with Gasteiger partial charge >= 0.3 is 0 Å². The Morgan fingerprint density at radius 1 is 0.667 bits per heavy atom. The largest absolute Gasteiger partial charge is 0.320 e. The molecule has 0 aromatic carbocycles. The van der Waals surface area contributed by atoms with E-state index in [-0.39, 0.29) is 0 Å². The van der Waals surface area contributed by atoms with Crippen LogP contribution < -0.4 is 10.6 Å². The van der Waals surface area contributed by atoms with Gasteiger partial charge in [0.25, 0.3) is 0 Å². The summed E-state index contributed by atoms with van der Waals surface area (Å²) in [4.78, 5) is 0. The van der Waals surface area contributed by atoms with Crippen LogP contribution in [0, 0.1) is 17.8 Å². The van der Waals surface area contributed by atoms with Crippen LogP contribution in [-0.4, -0.2) is 27.2 Å². The molecule has 0 fully saturated rings. The zero-order chi connectivity index (χ0) is 26.1. The Labute approximate surface area is 227 Å². The van der Waals surface area contributed by atoms with Crippen LogP contribution in [0.4, 0.5) is 0 Å². The van der Waals surface area contributed by atoms with Gasteiger partial charge in [0.15, 0.2) is 0 Å². The highest BCUT2D eigenvalue weighted by Gasteiger charge is 2.29. The van der Waals surface area contributed by atoms with Crippen molar-refractivity contribution in [3.8, 4) is 0 Å². The van der Waals surface area contributed by atoms with Crippen molar-refractivity contribution in [2.45, 2.75) is 149 Å². The summed E-state index contributed by atoms with van der Waals surface area (Å²) in [6.07, 6.45) is 37.0. The van der Waals surface area contributed by atoms with Gasteiger partial charge in [0, 0.05) is 0 Å². The first kappa shape index (κ1) is 33.4. The molecule has 212 valence electrons. The highest BCUT2D eigenvalue weighted by molar-refractivity contribution is 5.17. The lowest BCUT2D eigenvalue weighted by atomic mass is 9.69. The van der Waals surface area contributed by atoms with Crippen LogP contribution in [0.25, 0.3) is 0 Å². The van der Waals surface area contributed by atoms with Crippen LogP contribution in [0.3, 0.4) is 0 Å². The van der Waals surface area contributed by atoms with E-state index in [0.29, 0.717) is 0 Å². The van der Waals surface area contributed by atoms with Gasteiger partial charge in [-0.15, -0.1) is 0 Å². The molecule has 0 bridgehead atoms. The predicted molar refractivity (Wildman–Crippen MR) is 164 cm³/mol. The summed E-state index contributed by atoms with van der Waals surface area (Å²) in [5.74, 6) is 2.62. The molecule has 36 heavy (non-hydrogen) atoms. The molecule has 2 heteroatoms. The lowest BCUT2D eigenvalue weighted by Crippen LogP contribution is -2.24. The molecule has 2 N–H and O–H groups in total. The highest BCUT2D eigenvalue weighted by Crippen LogP contribution is 2.42. The van der Waals surface area contributed by atoms with E-state index in [0.717, 1.165) is 17.8 Å². The zero-order valence-corrected chi connectivity index (χ0v) is 25.2. The van der Waals surface area contributed by atoms with Crippen molar-refractivity contribution in [3.05, 3.63) is 23.8 Å². The Balaban J connectivity index is 2.77. The van der Waals surface area contributed by atoms with Crippen molar-refractivity contribution in [3.63, 3.8) is 0 Å². The molecule has 0 aliphatic heterocycles. The minimum absolute atomic E-state index is 0.835. The smallest absolute Gasteiger partial charge is 0.00519 e. The van der Waals surface area contributed by atoms with E-state index < -0.39 is 0 Å². The minimum atomic E-state index is 0.835. The number of hydrogen-bond donors (Lipinski definition) is 2. The fourth-order valence-electron chi connectivity index (χ4n) is 6.19. The predicted octanol–water partition coefficient (Wildman–Crippen LogP) is 10.0. The Bertz CT molecular complexity index is 523. The summed E-state index contributed by atoms with van der Waals surface area (Å²) >= 11 is 0. The SMILES string of the molecule is CCCCC/C=C/CC1=CC(CCCCCCNC)C(CCCCCCNC)CC1CCCCCC. The number of rotatable bonds is 25. The molecule has 0 aromatic heterocycles. The Hall–Kier alpha value is -0.600. The topological polar surface area (TPSA) is 24.1 Å². The average Bonchev–Trinajstić information content (AvgIpc) is 2.89. The number of nitrogens with one attached hydrogen (secondary N) is 2.